The van der Waals surface area contributed by atoms with E-state index >= 15 is 0 Å². The number of nitrogens with zero attached hydrogens (tertiary/aromatic N) is 1. The van der Waals surface area contributed by atoms with Crippen LogP contribution in [0.1, 0.15) is 24.7 Å². The van der Waals surface area contributed by atoms with Crippen molar-refractivity contribution in [1.29, 1.82) is 0 Å². The fraction of sp³-hybridized carbons (Fsp3) is 0.238. The number of aryl methyl sites for hydroxylation is 2. The van der Waals surface area contributed by atoms with Crippen molar-refractivity contribution in [3.05, 3.63) is 69.2 Å². The van der Waals surface area contributed by atoms with Gasteiger partial charge in [-0.15, -0.1) is 0 Å². The molecule has 29 heavy (non-hydrogen) atoms. The van der Waals surface area contributed by atoms with Crippen LogP contribution >= 0.6 is 11.6 Å². The van der Waals surface area contributed by atoms with Crippen LogP contribution in [0, 0.1) is 6.92 Å². The number of aromatic nitrogens is 2. The summed E-state index contributed by atoms with van der Waals surface area (Å²) >= 11 is 5.94. The molecule has 0 spiro atoms. The van der Waals surface area contributed by atoms with E-state index in [4.69, 9.17) is 16.3 Å². The largest absolute Gasteiger partial charge is 0.453 e. The molecule has 0 unspecified atom stereocenters. The molecule has 0 radical (unpaired) electrons. The number of hydrogen-bond donors (Lipinski definition) is 2. The van der Waals surface area contributed by atoms with Crippen molar-refractivity contribution < 1.29 is 14.3 Å². The Hall–Kier alpha value is -3.19. The second kappa shape index (κ2) is 8.87. The quantitative estimate of drug-likeness (QED) is 0.603. The van der Waals surface area contributed by atoms with E-state index in [0.29, 0.717) is 27.4 Å². The number of nitrogens with one attached hydrogen (secondary N) is 2. The summed E-state index contributed by atoms with van der Waals surface area (Å²) in [7, 11) is 0. The first-order valence-corrected chi connectivity index (χ1v) is 9.45. The van der Waals surface area contributed by atoms with E-state index in [1.54, 1.807) is 42.5 Å². The number of carbonyl (C=O) groups excluding carboxylic acids is 2. The number of H-pyrrole nitrogens is 1. The van der Waals surface area contributed by atoms with Crippen LogP contribution in [-0.2, 0) is 20.7 Å². The van der Waals surface area contributed by atoms with Crippen molar-refractivity contribution in [2.24, 2.45) is 0 Å². The van der Waals surface area contributed by atoms with E-state index in [2.05, 4.69) is 15.3 Å². The van der Waals surface area contributed by atoms with Crippen LogP contribution in [0.25, 0.3) is 10.9 Å². The number of fused-ring (bicyclic) bond motifs is 1. The molecule has 0 saturated carbocycles. The summed E-state index contributed by atoms with van der Waals surface area (Å²) in [5, 5.41) is 3.68. The maximum atomic E-state index is 12.3. The number of para-hydroxylation sites is 1. The van der Waals surface area contributed by atoms with Crippen molar-refractivity contribution in [3.63, 3.8) is 0 Å². The van der Waals surface area contributed by atoms with Crippen LogP contribution in [0.3, 0.4) is 0 Å². The molecule has 2 N–H and O–H groups in total. The molecule has 0 aliphatic heterocycles. The summed E-state index contributed by atoms with van der Waals surface area (Å²) in [5.74, 6) is -0.635. The lowest BCUT2D eigenvalue weighted by Crippen LogP contribution is -2.30. The van der Waals surface area contributed by atoms with Crippen LogP contribution in [0.15, 0.2) is 47.3 Å². The molecule has 150 valence electrons. The molecule has 2 aromatic carbocycles. The third-order valence-corrected chi connectivity index (χ3v) is 4.60. The Morgan fingerprint density at radius 1 is 1.24 bits per heavy atom. The number of rotatable bonds is 6. The number of amides is 1. The minimum absolute atomic E-state index is 0.0188. The Kier molecular flexibility index (Phi) is 6.29. The lowest BCUT2D eigenvalue weighted by molar-refractivity contribution is -0.153. The molecule has 3 aromatic rings. The summed E-state index contributed by atoms with van der Waals surface area (Å²) in [6.07, 6.45) is -0.806. The average Bonchev–Trinajstić information content (AvgIpc) is 2.69. The van der Waals surface area contributed by atoms with Gasteiger partial charge >= 0.3 is 5.97 Å². The average molecular weight is 414 g/mol. The fourth-order valence-electron chi connectivity index (χ4n) is 2.75. The fourth-order valence-corrected chi connectivity index (χ4v) is 2.92. The molecule has 8 heteroatoms. The molecule has 0 saturated heterocycles. The maximum absolute atomic E-state index is 12.3. The first-order chi connectivity index (χ1) is 13.8. The Morgan fingerprint density at radius 3 is 2.79 bits per heavy atom. The zero-order valence-corrected chi connectivity index (χ0v) is 16.7. The van der Waals surface area contributed by atoms with E-state index in [1.807, 2.05) is 6.92 Å². The third kappa shape index (κ3) is 5.20. The molecule has 7 nitrogen and oxygen atoms in total. The zero-order valence-electron chi connectivity index (χ0n) is 16.0. The van der Waals surface area contributed by atoms with Crippen LogP contribution < -0.4 is 10.9 Å². The molecule has 0 aliphatic rings. The van der Waals surface area contributed by atoms with Crippen molar-refractivity contribution >= 4 is 40.1 Å². The molecule has 0 aliphatic carbocycles. The minimum Gasteiger partial charge on any atom is -0.453 e. The minimum atomic E-state index is -0.982. The number of benzene rings is 2. The van der Waals surface area contributed by atoms with E-state index in [-0.39, 0.29) is 18.4 Å². The van der Waals surface area contributed by atoms with Gasteiger partial charge in [0.25, 0.3) is 11.5 Å². The highest BCUT2D eigenvalue weighted by atomic mass is 35.5. The van der Waals surface area contributed by atoms with Crippen molar-refractivity contribution in [3.8, 4) is 0 Å². The smallest absolute Gasteiger partial charge is 0.307 e. The Morgan fingerprint density at radius 2 is 2.00 bits per heavy atom. The van der Waals surface area contributed by atoms with Gasteiger partial charge in [0.05, 0.1) is 17.3 Å². The van der Waals surface area contributed by atoms with Crippen LogP contribution in [0.4, 0.5) is 5.69 Å². The highest BCUT2D eigenvalue weighted by Crippen LogP contribution is 2.20. The standard InChI is InChI=1S/C21H20ClN3O4/c1-12-7-8-14(22)11-17(12)24-20(27)13(2)29-19(26)10-9-18-23-16-6-4-3-5-15(16)21(28)25-18/h3-8,11,13H,9-10H2,1-2H3,(H,24,27)(H,23,25,28)/t13-/m0/s1. The number of esters is 1. The second-order valence-electron chi connectivity index (χ2n) is 6.61. The first kappa shape index (κ1) is 20.5. The van der Waals surface area contributed by atoms with Gasteiger partial charge < -0.3 is 15.0 Å². The molecule has 1 atom stereocenters. The summed E-state index contributed by atoms with van der Waals surface area (Å²) in [6, 6.07) is 12.1. The predicted molar refractivity (Wildman–Crippen MR) is 111 cm³/mol. The second-order valence-corrected chi connectivity index (χ2v) is 7.05. The molecule has 3 rings (SSSR count). The number of aromatic amines is 1. The molecule has 0 bridgehead atoms. The van der Waals surface area contributed by atoms with E-state index in [1.165, 1.54) is 6.92 Å². The van der Waals surface area contributed by atoms with Gasteiger partial charge in [-0.2, -0.15) is 0 Å². The van der Waals surface area contributed by atoms with Gasteiger partial charge in [-0.05, 0) is 43.7 Å². The van der Waals surface area contributed by atoms with Gasteiger partial charge in [0.2, 0.25) is 0 Å². The lowest BCUT2D eigenvalue weighted by Gasteiger charge is -2.15. The Bertz CT molecular complexity index is 1130. The van der Waals surface area contributed by atoms with Gasteiger partial charge in [0, 0.05) is 17.1 Å². The van der Waals surface area contributed by atoms with Crippen LogP contribution in [0.2, 0.25) is 5.02 Å². The summed E-state index contributed by atoms with van der Waals surface area (Å²) in [4.78, 5) is 43.5. The monoisotopic (exact) mass is 413 g/mol. The molecule has 0 fully saturated rings. The number of halogens is 1. The Labute approximate surface area is 172 Å². The van der Waals surface area contributed by atoms with Crippen molar-refractivity contribution in [2.75, 3.05) is 5.32 Å². The summed E-state index contributed by atoms with van der Waals surface area (Å²) in [6.45, 7) is 3.32. The Balaban J connectivity index is 1.57. The predicted octanol–water partition coefficient (Wildman–Crippen LogP) is 3.39. The summed E-state index contributed by atoms with van der Waals surface area (Å²) in [5.41, 5.74) is 1.70. The molecule has 1 amide bonds. The van der Waals surface area contributed by atoms with Crippen molar-refractivity contribution in [2.45, 2.75) is 32.8 Å². The van der Waals surface area contributed by atoms with Gasteiger partial charge in [-0.25, -0.2) is 4.98 Å². The number of ether oxygens (including phenoxy) is 1. The number of anilines is 1. The van der Waals surface area contributed by atoms with Crippen LogP contribution in [-0.4, -0.2) is 27.9 Å². The van der Waals surface area contributed by atoms with E-state index in [9.17, 15) is 14.4 Å². The lowest BCUT2D eigenvalue weighted by atomic mass is 10.2. The van der Waals surface area contributed by atoms with Gasteiger partial charge in [0.1, 0.15) is 5.82 Å². The molecule has 1 aromatic heterocycles. The molecule has 1 heterocycles. The van der Waals surface area contributed by atoms with Gasteiger partial charge in [-0.3, -0.25) is 14.4 Å². The number of hydrogen-bond acceptors (Lipinski definition) is 5. The third-order valence-electron chi connectivity index (χ3n) is 4.36. The van der Waals surface area contributed by atoms with Gasteiger partial charge in [0.15, 0.2) is 6.10 Å². The molecular formula is C21H20ClN3O4. The number of carbonyl (C=O) groups is 2. The van der Waals surface area contributed by atoms with E-state index in [0.717, 1.165) is 5.56 Å². The SMILES string of the molecule is Cc1ccc(Cl)cc1NC(=O)[C@H](C)OC(=O)CCc1nc2ccccc2c(=O)[nH]1. The maximum Gasteiger partial charge on any atom is 0.307 e. The van der Waals surface area contributed by atoms with E-state index < -0.39 is 18.0 Å². The van der Waals surface area contributed by atoms with Crippen molar-refractivity contribution in [1.82, 2.24) is 9.97 Å². The topological polar surface area (TPSA) is 101 Å². The normalized spacial score (nSPS) is 11.8. The highest BCUT2D eigenvalue weighted by molar-refractivity contribution is 6.31. The molecular weight excluding hydrogens is 394 g/mol. The van der Waals surface area contributed by atoms with Crippen LogP contribution in [0.5, 0.6) is 0 Å². The first-order valence-electron chi connectivity index (χ1n) is 9.08. The summed E-state index contributed by atoms with van der Waals surface area (Å²) < 4.78 is 5.19. The highest BCUT2D eigenvalue weighted by Gasteiger charge is 2.19. The van der Waals surface area contributed by atoms with Gasteiger partial charge in [-0.1, -0.05) is 29.8 Å². The zero-order chi connectivity index (χ0) is 21.0.